The van der Waals surface area contributed by atoms with Crippen LogP contribution in [-0.2, 0) is 11.4 Å². The molecule has 4 nitrogen and oxygen atoms in total. The highest BCUT2D eigenvalue weighted by atomic mass is 32.1. The highest BCUT2D eigenvalue weighted by Crippen LogP contribution is 2.28. The molecule has 0 saturated carbocycles. The van der Waals surface area contributed by atoms with Crippen LogP contribution in [0.2, 0.25) is 0 Å². The first-order valence-electron chi connectivity index (χ1n) is 6.52. The second kappa shape index (κ2) is 7.50. The third-order valence-electron chi connectivity index (χ3n) is 2.61. The van der Waals surface area contributed by atoms with E-state index in [4.69, 9.17) is 14.6 Å². The SMILES string of the molecule is CCOc1ccccc1OCc1cc(C=CC(=O)O)cs1. The monoisotopic (exact) mass is 304 g/mol. The Kier molecular flexibility index (Phi) is 5.40. The van der Waals surface area contributed by atoms with Gasteiger partial charge in [0.05, 0.1) is 6.61 Å². The van der Waals surface area contributed by atoms with E-state index in [9.17, 15) is 4.79 Å². The highest BCUT2D eigenvalue weighted by Gasteiger charge is 2.05. The lowest BCUT2D eigenvalue weighted by atomic mass is 10.3. The van der Waals surface area contributed by atoms with Crippen LogP contribution < -0.4 is 9.47 Å². The first kappa shape index (κ1) is 15.1. The first-order valence-corrected chi connectivity index (χ1v) is 7.40. The van der Waals surface area contributed by atoms with Gasteiger partial charge >= 0.3 is 5.97 Å². The molecule has 0 saturated heterocycles. The topological polar surface area (TPSA) is 55.8 Å². The van der Waals surface area contributed by atoms with E-state index in [1.54, 1.807) is 6.08 Å². The van der Waals surface area contributed by atoms with E-state index >= 15 is 0 Å². The molecule has 5 heteroatoms. The molecule has 110 valence electrons. The molecule has 0 spiro atoms. The van der Waals surface area contributed by atoms with Gasteiger partial charge < -0.3 is 14.6 Å². The number of carboxylic acid groups (broad SMARTS) is 1. The van der Waals surface area contributed by atoms with Gasteiger partial charge in [-0.1, -0.05) is 12.1 Å². The molecule has 21 heavy (non-hydrogen) atoms. The Labute approximate surface area is 127 Å². The van der Waals surface area contributed by atoms with E-state index in [-0.39, 0.29) is 0 Å². The van der Waals surface area contributed by atoms with Crippen molar-refractivity contribution in [2.24, 2.45) is 0 Å². The summed E-state index contributed by atoms with van der Waals surface area (Å²) in [6.07, 6.45) is 2.69. The van der Waals surface area contributed by atoms with Gasteiger partial charge in [-0.2, -0.15) is 0 Å². The number of rotatable bonds is 7. The summed E-state index contributed by atoms with van der Waals surface area (Å²) in [6, 6.07) is 9.44. The molecule has 0 atom stereocenters. The van der Waals surface area contributed by atoms with Gasteiger partial charge in [-0.05, 0) is 42.1 Å². The molecular weight excluding hydrogens is 288 g/mol. The zero-order chi connectivity index (χ0) is 15.1. The average Bonchev–Trinajstić information content (AvgIpc) is 2.92. The van der Waals surface area contributed by atoms with Crippen LogP contribution in [0.5, 0.6) is 11.5 Å². The fourth-order valence-corrected chi connectivity index (χ4v) is 2.49. The number of hydrogen-bond donors (Lipinski definition) is 1. The van der Waals surface area contributed by atoms with Crippen molar-refractivity contribution in [1.29, 1.82) is 0 Å². The van der Waals surface area contributed by atoms with E-state index in [0.29, 0.717) is 19.0 Å². The van der Waals surface area contributed by atoms with E-state index in [1.165, 1.54) is 11.3 Å². The molecule has 1 aromatic carbocycles. The second-order valence-electron chi connectivity index (χ2n) is 4.19. The third kappa shape index (κ3) is 4.65. The van der Waals surface area contributed by atoms with Crippen LogP contribution in [0.3, 0.4) is 0 Å². The predicted octanol–water partition coefficient (Wildman–Crippen LogP) is 3.82. The molecule has 0 fully saturated rings. The van der Waals surface area contributed by atoms with Crippen LogP contribution >= 0.6 is 11.3 Å². The van der Waals surface area contributed by atoms with Crippen molar-refractivity contribution in [3.05, 3.63) is 52.2 Å². The van der Waals surface area contributed by atoms with Gasteiger partial charge in [-0.3, -0.25) is 0 Å². The lowest BCUT2D eigenvalue weighted by molar-refractivity contribution is -0.131. The summed E-state index contributed by atoms with van der Waals surface area (Å²) in [5.41, 5.74) is 0.860. The summed E-state index contributed by atoms with van der Waals surface area (Å²) >= 11 is 1.53. The second-order valence-corrected chi connectivity index (χ2v) is 5.18. The van der Waals surface area contributed by atoms with Crippen molar-refractivity contribution in [2.75, 3.05) is 6.61 Å². The predicted molar refractivity (Wildman–Crippen MR) is 82.9 cm³/mol. The quantitative estimate of drug-likeness (QED) is 0.790. The molecule has 1 aromatic heterocycles. The molecule has 2 rings (SSSR count). The summed E-state index contributed by atoms with van der Waals surface area (Å²) in [5.74, 6) is 0.475. The number of carbonyl (C=O) groups is 1. The normalized spacial score (nSPS) is 10.7. The van der Waals surface area contributed by atoms with Crippen molar-refractivity contribution in [3.8, 4) is 11.5 Å². The zero-order valence-corrected chi connectivity index (χ0v) is 12.4. The molecule has 0 aliphatic carbocycles. The Bertz CT molecular complexity index is 631. The van der Waals surface area contributed by atoms with E-state index < -0.39 is 5.97 Å². The Balaban J connectivity index is 1.99. The maximum absolute atomic E-state index is 10.5. The Morgan fingerprint density at radius 1 is 1.29 bits per heavy atom. The average molecular weight is 304 g/mol. The standard InChI is InChI=1S/C16H16O4S/c1-2-19-14-5-3-4-6-15(14)20-10-13-9-12(11-21-13)7-8-16(17)18/h3-9,11H,2,10H2,1H3,(H,17,18). The molecule has 0 aliphatic rings. The fourth-order valence-electron chi connectivity index (χ4n) is 1.72. The van der Waals surface area contributed by atoms with Gasteiger partial charge in [0.15, 0.2) is 11.5 Å². The lowest BCUT2D eigenvalue weighted by Gasteiger charge is -2.10. The molecular formula is C16H16O4S. The summed E-state index contributed by atoms with van der Waals surface area (Å²) in [6.45, 7) is 2.94. The van der Waals surface area contributed by atoms with Gasteiger partial charge in [-0.25, -0.2) is 4.79 Å². The summed E-state index contributed by atoms with van der Waals surface area (Å²) in [4.78, 5) is 11.5. The molecule has 1 heterocycles. The van der Waals surface area contributed by atoms with Gasteiger partial charge in [0.2, 0.25) is 0 Å². The maximum Gasteiger partial charge on any atom is 0.328 e. The highest BCUT2D eigenvalue weighted by molar-refractivity contribution is 7.10. The smallest absolute Gasteiger partial charge is 0.328 e. The van der Waals surface area contributed by atoms with Crippen molar-refractivity contribution in [1.82, 2.24) is 0 Å². The summed E-state index contributed by atoms with van der Waals surface area (Å²) < 4.78 is 11.3. The Morgan fingerprint density at radius 3 is 2.67 bits per heavy atom. The van der Waals surface area contributed by atoms with Crippen molar-refractivity contribution in [2.45, 2.75) is 13.5 Å². The Hall–Kier alpha value is -2.27. The molecule has 0 bridgehead atoms. The lowest BCUT2D eigenvalue weighted by Crippen LogP contribution is -1.98. The molecule has 0 amide bonds. The van der Waals surface area contributed by atoms with Gasteiger partial charge in [0.1, 0.15) is 6.61 Å². The zero-order valence-electron chi connectivity index (χ0n) is 11.6. The fraction of sp³-hybridized carbons (Fsp3) is 0.188. The number of thiophene rings is 1. The van der Waals surface area contributed by atoms with E-state index in [0.717, 1.165) is 22.3 Å². The van der Waals surface area contributed by atoms with Crippen LogP contribution in [0.4, 0.5) is 0 Å². The van der Waals surface area contributed by atoms with Crippen molar-refractivity contribution in [3.63, 3.8) is 0 Å². The number of hydrogen-bond acceptors (Lipinski definition) is 4. The minimum Gasteiger partial charge on any atom is -0.490 e. The van der Waals surface area contributed by atoms with E-state index in [1.807, 2.05) is 42.6 Å². The van der Waals surface area contributed by atoms with Crippen LogP contribution in [0.15, 0.2) is 41.8 Å². The molecule has 0 radical (unpaired) electrons. The molecule has 0 aliphatic heterocycles. The van der Waals surface area contributed by atoms with Gasteiger partial charge in [0, 0.05) is 11.0 Å². The maximum atomic E-state index is 10.5. The summed E-state index contributed by atoms with van der Waals surface area (Å²) in [7, 11) is 0. The minimum atomic E-state index is -0.954. The third-order valence-corrected chi connectivity index (χ3v) is 3.54. The largest absolute Gasteiger partial charge is 0.490 e. The van der Waals surface area contributed by atoms with Gasteiger partial charge in [0.25, 0.3) is 0 Å². The van der Waals surface area contributed by atoms with Gasteiger partial charge in [-0.15, -0.1) is 11.3 Å². The molecule has 2 aromatic rings. The van der Waals surface area contributed by atoms with Crippen LogP contribution in [-0.4, -0.2) is 17.7 Å². The number of aliphatic carboxylic acids is 1. The van der Waals surface area contributed by atoms with Crippen LogP contribution in [0, 0.1) is 0 Å². The minimum absolute atomic E-state index is 0.426. The van der Waals surface area contributed by atoms with E-state index in [2.05, 4.69) is 0 Å². The van der Waals surface area contributed by atoms with Crippen LogP contribution in [0.25, 0.3) is 6.08 Å². The molecule has 0 unspecified atom stereocenters. The number of ether oxygens (including phenoxy) is 2. The summed E-state index contributed by atoms with van der Waals surface area (Å²) in [5, 5.41) is 10.5. The number of benzene rings is 1. The number of carboxylic acids is 1. The van der Waals surface area contributed by atoms with Crippen LogP contribution in [0.1, 0.15) is 17.4 Å². The van der Waals surface area contributed by atoms with Crippen molar-refractivity contribution >= 4 is 23.4 Å². The van der Waals surface area contributed by atoms with Crippen molar-refractivity contribution < 1.29 is 19.4 Å². The molecule has 1 N–H and O–H groups in total. The first-order chi connectivity index (χ1) is 10.2. The Morgan fingerprint density at radius 2 is 2.00 bits per heavy atom. The number of para-hydroxylation sites is 2.